The average Bonchev–Trinajstić information content (AvgIpc) is 2.61. The predicted molar refractivity (Wildman–Crippen MR) is 105 cm³/mol. The van der Waals surface area contributed by atoms with Crippen molar-refractivity contribution in [2.45, 2.75) is 26.2 Å². The van der Waals surface area contributed by atoms with Gasteiger partial charge in [0.1, 0.15) is 0 Å². The van der Waals surface area contributed by atoms with Crippen molar-refractivity contribution in [2.75, 3.05) is 31.1 Å². The van der Waals surface area contributed by atoms with Crippen molar-refractivity contribution < 1.29 is 4.79 Å². The van der Waals surface area contributed by atoms with Gasteiger partial charge < -0.3 is 9.80 Å². The molecule has 1 aliphatic rings. The summed E-state index contributed by atoms with van der Waals surface area (Å²) in [5, 5.41) is 0.653. The summed E-state index contributed by atoms with van der Waals surface area (Å²) in [4.78, 5) is 17.0. The first-order valence-corrected chi connectivity index (χ1v) is 9.13. The number of carbonyl (C=O) groups is 1. The SMILES string of the molecule is CC(C)(C)c1ccccc1N1CCN(C(=O)c2ccc(Cl)cc2)CC1. The smallest absolute Gasteiger partial charge is 0.253 e. The Morgan fingerprint density at radius 2 is 1.52 bits per heavy atom. The molecule has 1 amide bonds. The number of anilines is 1. The molecule has 0 radical (unpaired) electrons. The molecule has 0 aliphatic carbocycles. The van der Waals surface area contributed by atoms with Crippen LogP contribution >= 0.6 is 11.6 Å². The van der Waals surface area contributed by atoms with Gasteiger partial charge in [-0.3, -0.25) is 4.79 Å². The Balaban J connectivity index is 1.70. The Kier molecular flexibility index (Phi) is 5.05. The minimum Gasteiger partial charge on any atom is -0.368 e. The second-order valence-electron chi connectivity index (χ2n) is 7.55. The summed E-state index contributed by atoms with van der Waals surface area (Å²) in [6.07, 6.45) is 0. The summed E-state index contributed by atoms with van der Waals surface area (Å²) in [5.74, 6) is 0.0837. The van der Waals surface area contributed by atoms with Gasteiger partial charge in [-0.05, 0) is 41.3 Å². The van der Waals surface area contributed by atoms with Crippen molar-refractivity contribution >= 4 is 23.2 Å². The van der Waals surface area contributed by atoms with E-state index in [1.54, 1.807) is 24.3 Å². The van der Waals surface area contributed by atoms with Gasteiger partial charge in [0.15, 0.2) is 0 Å². The molecule has 0 N–H and O–H groups in total. The lowest BCUT2D eigenvalue weighted by atomic mass is 9.85. The third-order valence-corrected chi connectivity index (χ3v) is 4.96. The first-order valence-electron chi connectivity index (χ1n) is 8.75. The first-order chi connectivity index (χ1) is 11.9. The van der Waals surface area contributed by atoms with Crippen molar-refractivity contribution in [2.24, 2.45) is 0 Å². The van der Waals surface area contributed by atoms with Crippen LogP contribution in [-0.4, -0.2) is 37.0 Å². The number of hydrogen-bond donors (Lipinski definition) is 0. The Bertz CT molecular complexity index is 741. The molecule has 0 atom stereocenters. The fraction of sp³-hybridized carbons (Fsp3) is 0.381. The maximum Gasteiger partial charge on any atom is 0.253 e. The van der Waals surface area contributed by atoms with E-state index < -0.39 is 0 Å². The summed E-state index contributed by atoms with van der Waals surface area (Å²) in [6.45, 7) is 9.91. The Morgan fingerprint density at radius 3 is 2.12 bits per heavy atom. The molecule has 1 heterocycles. The van der Waals surface area contributed by atoms with Gasteiger partial charge in [-0.25, -0.2) is 0 Å². The molecule has 0 saturated carbocycles. The van der Waals surface area contributed by atoms with Crippen molar-refractivity contribution in [3.8, 4) is 0 Å². The van der Waals surface area contributed by atoms with Gasteiger partial charge in [0.05, 0.1) is 0 Å². The molecule has 0 spiro atoms. The maximum atomic E-state index is 12.6. The van der Waals surface area contributed by atoms with Crippen LogP contribution in [0.5, 0.6) is 0 Å². The summed E-state index contributed by atoms with van der Waals surface area (Å²) in [5.41, 5.74) is 3.45. The molecule has 1 aliphatic heterocycles. The highest BCUT2D eigenvalue weighted by atomic mass is 35.5. The van der Waals surface area contributed by atoms with Crippen LogP contribution in [0.25, 0.3) is 0 Å². The number of amides is 1. The molecule has 1 fully saturated rings. The number of halogens is 1. The lowest BCUT2D eigenvalue weighted by molar-refractivity contribution is 0.0746. The maximum absolute atomic E-state index is 12.6. The summed E-state index contributed by atoms with van der Waals surface area (Å²) >= 11 is 5.91. The van der Waals surface area contributed by atoms with Crippen molar-refractivity contribution in [1.29, 1.82) is 0 Å². The van der Waals surface area contributed by atoms with Crippen LogP contribution in [0.1, 0.15) is 36.7 Å². The molecule has 3 rings (SSSR count). The Morgan fingerprint density at radius 1 is 0.920 bits per heavy atom. The van der Waals surface area contributed by atoms with Gasteiger partial charge in [0.25, 0.3) is 5.91 Å². The number of piperazine rings is 1. The average molecular weight is 357 g/mol. The molecule has 0 aromatic heterocycles. The normalized spacial score (nSPS) is 15.4. The van der Waals surface area contributed by atoms with E-state index >= 15 is 0 Å². The summed E-state index contributed by atoms with van der Waals surface area (Å²) < 4.78 is 0. The van der Waals surface area contributed by atoms with Gasteiger partial charge in [-0.15, -0.1) is 0 Å². The van der Waals surface area contributed by atoms with E-state index in [2.05, 4.69) is 49.9 Å². The molecular formula is C21H25ClN2O. The fourth-order valence-electron chi connectivity index (χ4n) is 3.31. The highest BCUT2D eigenvalue weighted by Gasteiger charge is 2.26. The summed E-state index contributed by atoms with van der Waals surface area (Å²) in [7, 11) is 0. The van der Waals surface area contributed by atoms with Crippen LogP contribution in [-0.2, 0) is 5.41 Å². The van der Waals surface area contributed by atoms with Crippen molar-refractivity contribution in [3.63, 3.8) is 0 Å². The molecule has 4 heteroatoms. The number of rotatable bonds is 2. The number of benzene rings is 2. The standard InChI is InChI=1S/C21H25ClN2O/c1-21(2,3)18-6-4-5-7-19(18)23-12-14-24(15-13-23)20(25)16-8-10-17(22)11-9-16/h4-11H,12-15H2,1-3H3. The fourth-order valence-corrected chi connectivity index (χ4v) is 3.44. The molecule has 0 bridgehead atoms. The lowest BCUT2D eigenvalue weighted by Crippen LogP contribution is -2.49. The van der Waals surface area contributed by atoms with E-state index in [-0.39, 0.29) is 11.3 Å². The third kappa shape index (κ3) is 3.98. The second-order valence-corrected chi connectivity index (χ2v) is 7.99. The van der Waals surface area contributed by atoms with Crippen LogP contribution < -0.4 is 4.90 Å². The quantitative estimate of drug-likeness (QED) is 0.785. The Hall–Kier alpha value is -2.00. The van der Waals surface area contributed by atoms with Crippen LogP contribution in [0.15, 0.2) is 48.5 Å². The van der Waals surface area contributed by atoms with Gasteiger partial charge in [0, 0.05) is 42.5 Å². The third-order valence-electron chi connectivity index (χ3n) is 4.71. The van der Waals surface area contributed by atoms with E-state index in [4.69, 9.17) is 11.6 Å². The second kappa shape index (κ2) is 7.09. The molecule has 1 saturated heterocycles. The van der Waals surface area contributed by atoms with E-state index in [1.807, 2.05) is 4.90 Å². The zero-order valence-electron chi connectivity index (χ0n) is 15.1. The van der Waals surface area contributed by atoms with Gasteiger partial charge in [-0.2, -0.15) is 0 Å². The highest BCUT2D eigenvalue weighted by Crippen LogP contribution is 2.32. The van der Waals surface area contributed by atoms with E-state index in [1.165, 1.54) is 11.3 Å². The predicted octanol–water partition coefficient (Wildman–Crippen LogP) is 4.60. The van der Waals surface area contributed by atoms with Crippen LogP contribution in [0.2, 0.25) is 5.02 Å². The minimum absolute atomic E-state index is 0.0837. The molecule has 3 nitrogen and oxygen atoms in total. The zero-order chi connectivity index (χ0) is 18.0. The van der Waals surface area contributed by atoms with Crippen molar-refractivity contribution in [1.82, 2.24) is 4.90 Å². The molecule has 2 aromatic carbocycles. The topological polar surface area (TPSA) is 23.6 Å². The molecule has 25 heavy (non-hydrogen) atoms. The van der Waals surface area contributed by atoms with Crippen LogP contribution in [0.3, 0.4) is 0 Å². The number of nitrogens with zero attached hydrogens (tertiary/aromatic N) is 2. The highest BCUT2D eigenvalue weighted by molar-refractivity contribution is 6.30. The van der Waals surface area contributed by atoms with E-state index in [9.17, 15) is 4.79 Å². The van der Waals surface area contributed by atoms with Gasteiger partial charge >= 0.3 is 0 Å². The molecule has 132 valence electrons. The van der Waals surface area contributed by atoms with Crippen LogP contribution in [0.4, 0.5) is 5.69 Å². The lowest BCUT2D eigenvalue weighted by Gasteiger charge is -2.38. The first kappa shape index (κ1) is 17.8. The summed E-state index contributed by atoms with van der Waals surface area (Å²) in [6, 6.07) is 15.7. The molecule has 0 unspecified atom stereocenters. The monoisotopic (exact) mass is 356 g/mol. The van der Waals surface area contributed by atoms with Gasteiger partial charge in [0.2, 0.25) is 0 Å². The van der Waals surface area contributed by atoms with Gasteiger partial charge in [-0.1, -0.05) is 50.6 Å². The van der Waals surface area contributed by atoms with Crippen LogP contribution in [0, 0.1) is 0 Å². The Labute approximate surface area is 155 Å². The number of hydrogen-bond acceptors (Lipinski definition) is 2. The number of carbonyl (C=O) groups excluding carboxylic acids is 1. The number of para-hydroxylation sites is 1. The molecular weight excluding hydrogens is 332 g/mol. The minimum atomic E-state index is 0.0837. The largest absolute Gasteiger partial charge is 0.368 e. The molecule has 2 aromatic rings. The van der Waals surface area contributed by atoms with E-state index in [0.29, 0.717) is 10.6 Å². The van der Waals surface area contributed by atoms with Crippen molar-refractivity contribution in [3.05, 3.63) is 64.7 Å². The zero-order valence-corrected chi connectivity index (χ0v) is 15.9. The van der Waals surface area contributed by atoms with E-state index in [0.717, 1.165) is 26.2 Å².